The maximum atomic E-state index is 11.9. The molecule has 0 saturated carbocycles. The van der Waals surface area contributed by atoms with Crippen LogP contribution in [0.25, 0.3) is 0 Å². The van der Waals surface area contributed by atoms with E-state index in [9.17, 15) is 24.0 Å². The van der Waals surface area contributed by atoms with Crippen LogP contribution in [0.5, 0.6) is 0 Å². The largest absolute Gasteiger partial charge is 0.468 e. The number of nitrogens with one attached hydrogen (secondary N) is 3. The number of amides is 3. The summed E-state index contributed by atoms with van der Waals surface area (Å²) < 4.78 is 15.1. The van der Waals surface area contributed by atoms with Crippen LogP contribution in [0.15, 0.2) is 37.0 Å². The maximum absolute atomic E-state index is 11.9. The molecule has 1 rings (SSSR count). The first kappa shape index (κ1) is 57.3. The molecule has 0 aromatic carbocycles. The number of likely N-dealkylation sites (N-methyl/N-ethyl adjacent to an activating group) is 1. The molecule has 1 aliphatic rings. The SMILES string of the molecule is C=C/C=C(\C=C)CCNC.CCC.CCC(C)C(C(CC)OC)N(C)C(=O)CNC=O.CNC(C)C(C)C.COC(=O)C(C=O)C(OC)C1CCN1C=O. The molecule has 1 aliphatic heterocycles. The van der Waals surface area contributed by atoms with E-state index in [4.69, 9.17) is 9.47 Å². The summed E-state index contributed by atoms with van der Waals surface area (Å²) in [6.07, 6.45) is 11.6. The molecule has 13 heteroatoms. The van der Waals surface area contributed by atoms with Gasteiger partial charge in [-0.25, -0.2) is 0 Å². The molecule has 13 nitrogen and oxygen atoms in total. The first-order chi connectivity index (χ1) is 25.7. The number of allylic oxidation sites excluding steroid dienone is 3. The number of nitrogens with zero attached hydrogens (tertiary/aromatic N) is 2. The van der Waals surface area contributed by atoms with Crippen LogP contribution in [0.2, 0.25) is 0 Å². The summed E-state index contributed by atoms with van der Waals surface area (Å²) in [7, 11) is 9.99. The number of carbonyl (C=O) groups excluding carboxylic acids is 5. The van der Waals surface area contributed by atoms with Crippen LogP contribution < -0.4 is 16.0 Å². The lowest BCUT2D eigenvalue weighted by atomic mass is 9.89. The Kier molecular flexibility index (Phi) is 40.2. The monoisotopic (exact) mass is 770 g/mol. The van der Waals surface area contributed by atoms with Gasteiger partial charge in [0.1, 0.15) is 12.2 Å². The van der Waals surface area contributed by atoms with Crippen molar-refractivity contribution >= 4 is 31.0 Å². The molecule has 1 saturated heterocycles. The van der Waals surface area contributed by atoms with Gasteiger partial charge in [0, 0.05) is 33.9 Å². The quantitative estimate of drug-likeness (QED) is 0.0605. The molecule has 7 atom stereocenters. The summed E-state index contributed by atoms with van der Waals surface area (Å²) in [6.45, 7) is 26.1. The van der Waals surface area contributed by atoms with Crippen LogP contribution in [-0.4, -0.2) is 133 Å². The van der Waals surface area contributed by atoms with Crippen molar-refractivity contribution in [2.24, 2.45) is 17.8 Å². The molecule has 1 heterocycles. The Morgan fingerprint density at radius 3 is 1.85 bits per heavy atom. The van der Waals surface area contributed by atoms with Gasteiger partial charge in [-0.2, -0.15) is 0 Å². The highest BCUT2D eigenvalue weighted by molar-refractivity contribution is 5.88. The minimum Gasteiger partial charge on any atom is -0.468 e. The van der Waals surface area contributed by atoms with Crippen molar-refractivity contribution in [2.75, 3.05) is 62.1 Å². The minimum atomic E-state index is -0.984. The van der Waals surface area contributed by atoms with E-state index in [0.717, 1.165) is 38.1 Å². The van der Waals surface area contributed by atoms with Gasteiger partial charge in [0.25, 0.3) is 0 Å². The fraction of sp³-hybridized carbons (Fsp3) is 0.732. The van der Waals surface area contributed by atoms with E-state index in [1.165, 1.54) is 31.1 Å². The number of ether oxygens (including phenoxy) is 3. The van der Waals surface area contributed by atoms with E-state index in [2.05, 4.69) is 82.3 Å². The number of methoxy groups -OCH3 is 3. The molecule has 0 aromatic rings. The Labute approximate surface area is 329 Å². The van der Waals surface area contributed by atoms with Gasteiger partial charge in [0.2, 0.25) is 18.7 Å². The fourth-order valence-corrected chi connectivity index (χ4v) is 5.07. The second-order valence-corrected chi connectivity index (χ2v) is 13.2. The normalized spacial score (nSPS) is 16.3. The van der Waals surface area contributed by atoms with Crippen LogP contribution >= 0.6 is 0 Å². The second-order valence-electron chi connectivity index (χ2n) is 13.2. The molecule has 3 amide bonds. The summed E-state index contributed by atoms with van der Waals surface area (Å²) in [5.41, 5.74) is 1.23. The van der Waals surface area contributed by atoms with Gasteiger partial charge in [0.15, 0.2) is 0 Å². The van der Waals surface area contributed by atoms with Crippen LogP contribution in [0.4, 0.5) is 0 Å². The van der Waals surface area contributed by atoms with Gasteiger partial charge in [-0.05, 0) is 64.2 Å². The van der Waals surface area contributed by atoms with Gasteiger partial charge in [-0.15, -0.1) is 0 Å². The Hall–Kier alpha value is -3.39. The molecular weight excluding hydrogens is 690 g/mol. The highest BCUT2D eigenvalue weighted by Gasteiger charge is 2.42. The number of carbonyl (C=O) groups is 5. The Bertz CT molecular complexity index is 1020. The number of likely N-dealkylation sites (tertiary alicyclic amines) is 1. The number of hydrogen-bond acceptors (Lipinski definition) is 10. The topological polar surface area (TPSA) is 156 Å². The van der Waals surface area contributed by atoms with Gasteiger partial charge < -0.3 is 44.8 Å². The highest BCUT2D eigenvalue weighted by atomic mass is 16.5. The standard InChI is InChI=1S/C13H26N2O3.C10H15NO5.C9H15N.C6H15N.C3H8/c1-6-10(3)13(11(7-2)18-5)15(4)12(17)8-14-9-16;1-15-9(7(5-12)10(14)16-2)8-3-4-11(8)6-13;1-4-6-9(5-2)7-8-10-3;1-5(2)6(3)7-4;1-3-2/h9-11,13H,6-8H2,1-5H3,(H,14,16);5-9H,3-4H2,1-2H3;4-6,10H,1-2,7-8H2,3H3;5-7H,1-4H3;3H2,1-2H3/b;;9-6+;;. The predicted molar refractivity (Wildman–Crippen MR) is 221 cm³/mol. The lowest BCUT2D eigenvalue weighted by Gasteiger charge is -2.43. The van der Waals surface area contributed by atoms with Crippen LogP contribution in [-0.2, 0) is 38.2 Å². The molecule has 3 N–H and O–H groups in total. The van der Waals surface area contributed by atoms with Gasteiger partial charge in [-0.3, -0.25) is 19.2 Å². The third kappa shape index (κ3) is 24.8. The van der Waals surface area contributed by atoms with Gasteiger partial charge in [-0.1, -0.05) is 92.7 Å². The van der Waals surface area contributed by atoms with Crippen LogP contribution in [0, 0.1) is 17.8 Å². The molecule has 7 unspecified atom stereocenters. The highest BCUT2D eigenvalue weighted by Crippen LogP contribution is 2.25. The molecule has 1 fully saturated rings. The molecule has 0 aromatic heterocycles. The smallest absolute Gasteiger partial charge is 0.318 e. The molecule has 0 aliphatic carbocycles. The Morgan fingerprint density at radius 1 is 0.963 bits per heavy atom. The number of rotatable bonds is 22. The van der Waals surface area contributed by atoms with Crippen molar-refractivity contribution in [1.29, 1.82) is 0 Å². The van der Waals surface area contributed by atoms with Crippen molar-refractivity contribution in [3.8, 4) is 0 Å². The Balaban J connectivity index is -0.000000316. The van der Waals surface area contributed by atoms with Crippen molar-refractivity contribution in [3.05, 3.63) is 37.0 Å². The second kappa shape index (κ2) is 37.9. The third-order valence-electron chi connectivity index (χ3n) is 9.07. The molecular formula is C41H79N5O8. The lowest BCUT2D eigenvalue weighted by molar-refractivity contribution is -0.159. The van der Waals surface area contributed by atoms with E-state index in [1.54, 1.807) is 25.1 Å². The first-order valence-corrected chi connectivity index (χ1v) is 19.1. The minimum absolute atomic E-state index is 0.0186. The molecule has 0 bridgehead atoms. The van der Waals surface area contributed by atoms with Gasteiger partial charge in [0.05, 0.1) is 37.9 Å². The number of esters is 1. The van der Waals surface area contributed by atoms with Crippen molar-refractivity contribution < 1.29 is 38.2 Å². The Morgan fingerprint density at radius 2 is 1.56 bits per heavy atom. The van der Waals surface area contributed by atoms with Crippen molar-refractivity contribution in [1.82, 2.24) is 25.8 Å². The summed E-state index contributed by atoms with van der Waals surface area (Å²) in [5, 5.41) is 8.64. The zero-order valence-electron chi connectivity index (χ0n) is 36.3. The number of aldehydes is 1. The van der Waals surface area contributed by atoms with E-state index >= 15 is 0 Å². The first-order valence-electron chi connectivity index (χ1n) is 19.1. The summed E-state index contributed by atoms with van der Waals surface area (Å²) in [6, 6.07) is 0.461. The third-order valence-corrected chi connectivity index (χ3v) is 9.07. The molecule has 54 heavy (non-hydrogen) atoms. The maximum Gasteiger partial charge on any atom is 0.318 e. The average Bonchev–Trinajstić information content (AvgIpc) is 3.16. The van der Waals surface area contributed by atoms with E-state index in [0.29, 0.717) is 37.6 Å². The molecule has 0 radical (unpaired) electrons. The van der Waals surface area contributed by atoms with Crippen molar-refractivity contribution in [2.45, 2.75) is 118 Å². The molecule has 316 valence electrons. The zero-order valence-corrected chi connectivity index (χ0v) is 36.3. The predicted octanol–water partition coefficient (Wildman–Crippen LogP) is 4.81. The average molecular weight is 770 g/mol. The van der Waals surface area contributed by atoms with E-state index < -0.39 is 18.0 Å². The van der Waals surface area contributed by atoms with Gasteiger partial charge >= 0.3 is 5.97 Å². The lowest BCUT2D eigenvalue weighted by Crippen LogP contribution is -2.57. The summed E-state index contributed by atoms with van der Waals surface area (Å²) in [5.74, 6) is -0.615. The molecule has 0 spiro atoms. The number of hydrogen-bond donors (Lipinski definition) is 3. The van der Waals surface area contributed by atoms with E-state index in [1.807, 2.05) is 33.2 Å². The van der Waals surface area contributed by atoms with Crippen molar-refractivity contribution in [3.63, 3.8) is 0 Å². The summed E-state index contributed by atoms with van der Waals surface area (Å²) >= 11 is 0. The zero-order chi connectivity index (χ0) is 42.6. The fourth-order valence-electron chi connectivity index (χ4n) is 5.07. The van der Waals surface area contributed by atoms with E-state index in [-0.39, 0.29) is 30.6 Å². The van der Waals surface area contributed by atoms with Crippen LogP contribution in [0.1, 0.15) is 87.5 Å². The summed E-state index contributed by atoms with van der Waals surface area (Å²) in [4.78, 5) is 58.2. The van der Waals surface area contributed by atoms with Crippen LogP contribution in [0.3, 0.4) is 0 Å².